The molecule has 8 aromatic rings. The average molecular weight is 1970 g/mol. The normalized spacial score (nSPS) is 14.8. The summed E-state index contributed by atoms with van der Waals surface area (Å²) in [4.78, 5) is 19.3. The number of hydrogen-bond acceptors (Lipinski definition) is 8. The van der Waals surface area contributed by atoms with Gasteiger partial charge in [0, 0.05) is 22.8 Å². The molecule has 0 unspecified atom stereocenters. The smallest absolute Gasteiger partial charge is 0.852 e. The number of aliphatic imine (C=N–C) groups is 4. The van der Waals surface area contributed by atoms with Crippen LogP contribution in [0.4, 0.5) is 45.5 Å². The van der Waals surface area contributed by atoms with Crippen molar-refractivity contribution in [3.63, 3.8) is 0 Å². The Morgan fingerprint density at radius 2 is 0.318 bits per heavy atom. The quantitative estimate of drug-likeness (QED) is 0.0685. The summed E-state index contributed by atoms with van der Waals surface area (Å²) in [5, 5.41) is 61.5. The largest absolute Gasteiger partial charge is 2.00 e. The fraction of sp³-hybridized carbons (Fsp3) is 0.483. The molecule has 12 rings (SSSR count). The van der Waals surface area contributed by atoms with Crippen molar-refractivity contribution in [3.05, 3.63) is 299 Å². The van der Waals surface area contributed by atoms with E-state index in [-0.39, 0.29) is 90.4 Å². The Hall–Kier alpha value is -7.59. The van der Waals surface area contributed by atoms with Crippen LogP contribution in [-0.4, -0.2) is 47.3 Å². The molecular formula is C116H160N8Ni4O4. The van der Waals surface area contributed by atoms with Crippen molar-refractivity contribution < 1.29 is 86.4 Å². The first-order valence-electron chi connectivity index (χ1n) is 47.3. The van der Waals surface area contributed by atoms with Crippen molar-refractivity contribution in [2.75, 3.05) is 0 Å². The second-order valence-electron chi connectivity index (χ2n) is 37.6. The van der Waals surface area contributed by atoms with E-state index >= 15 is 0 Å². The molecule has 0 amide bonds. The van der Waals surface area contributed by atoms with E-state index in [1.165, 1.54) is 211 Å². The fourth-order valence-electron chi connectivity index (χ4n) is 17.9. The Labute approximate surface area is 841 Å². The van der Waals surface area contributed by atoms with E-state index in [0.717, 1.165) is 143 Å². The van der Waals surface area contributed by atoms with Gasteiger partial charge in [0.15, 0.2) is 0 Å². The van der Waals surface area contributed by atoms with Crippen molar-refractivity contribution in [3.8, 4) is 0 Å². The third-order valence-corrected chi connectivity index (χ3v) is 23.3. The summed E-state index contributed by atoms with van der Waals surface area (Å²) in [7, 11) is 0. The van der Waals surface area contributed by atoms with Gasteiger partial charge >= 0.3 is 66.0 Å². The molecule has 0 heterocycles. The van der Waals surface area contributed by atoms with Crippen LogP contribution in [0.5, 0.6) is 0 Å². The summed E-state index contributed by atoms with van der Waals surface area (Å²) >= 11 is 0. The van der Waals surface area contributed by atoms with Gasteiger partial charge in [-0.3, -0.25) is 20.0 Å². The number of aryl methyl sites for hydroxylation is 24. The van der Waals surface area contributed by atoms with Gasteiger partial charge in [0.1, 0.15) is 0 Å². The van der Waals surface area contributed by atoms with Crippen LogP contribution in [0.3, 0.4) is 0 Å². The van der Waals surface area contributed by atoms with E-state index in [9.17, 15) is 20.4 Å². The Morgan fingerprint density at radius 1 is 0.205 bits per heavy atom. The summed E-state index contributed by atoms with van der Waals surface area (Å²) in [6.07, 6.45) is 29.4. The third-order valence-electron chi connectivity index (χ3n) is 23.3. The third kappa shape index (κ3) is 44.9. The summed E-state index contributed by atoms with van der Waals surface area (Å²) in [5.41, 5.74) is 45.9. The summed E-state index contributed by atoms with van der Waals surface area (Å²) < 4.78 is 0. The van der Waals surface area contributed by atoms with Crippen LogP contribution in [0, 0.1) is 166 Å². The Morgan fingerprint density at radius 3 is 0.424 bits per heavy atom. The molecule has 0 radical (unpaired) electrons. The van der Waals surface area contributed by atoms with E-state index < -0.39 is 0 Å². The van der Waals surface area contributed by atoms with Gasteiger partial charge in [-0.2, -0.15) is 22.8 Å². The summed E-state index contributed by atoms with van der Waals surface area (Å²) in [6, 6.07) is 34.9. The molecule has 12 nitrogen and oxygen atoms in total. The molecule has 4 aliphatic rings. The molecule has 8 aromatic carbocycles. The number of benzene rings is 8. The first-order valence-corrected chi connectivity index (χ1v) is 47.3. The van der Waals surface area contributed by atoms with Gasteiger partial charge in [-0.15, -0.1) is 47.2 Å². The Kier molecular flexibility index (Phi) is 57.7. The van der Waals surface area contributed by atoms with Gasteiger partial charge in [-0.25, -0.2) is 0 Å². The first kappa shape index (κ1) is 122. The molecule has 0 aliphatic heterocycles. The molecule has 16 heteroatoms. The first-order chi connectivity index (χ1) is 60.2. The van der Waals surface area contributed by atoms with Crippen LogP contribution in [0.25, 0.3) is 21.3 Å². The second kappa shape index (κ2) is 62.2. The minimum absolute atomic E-state index is 0. The average Bonchev–Trinajstić information content (AvgIpc) is 0.865. The number of nitrogens with zero attached hydrogens (tertiary/aromatic N) is 8. The maximum Gasteiger partial charge on any atom is 2.00 e. The maximum absolute atomic E-state index is 10.5. The Balaban J connectivity index is 0.000000789. The molecule has 4 saturated carbocycles. The van der Waals surface area contributed by atoms with Gasteiger partial charge < -0.3 is 41.7 Å². The second-order valence-corrected chi connectivity index (χ2v) is 37.6. The molecule has 0 aromatic heterocycles. The van der Waals surface area contributed by atoms with E-state index in [0.29, 0.717) is 0 Å². The zero-order chi connectivity index (χ0) is 95.3. The number of allylic oxidation sites excluding steroid dienone is 8. The van der Waals surface area contributed by atoms with Gasteiger partial charge in [-0.05, 0) is 238 Å². The van der Waals surface area contributed by atoms with Crippen LogP contribution in [-0.2, 0) is 66.0 Å². The van der Waals surface area contributed by atoms with Crippen LogP contribution in [0.2, 0.25) is 0 Å². The zero-order valence-electron chi connectivity index (χ0n) is 86.5. The van der Waals surface area contributed by atoms with Gasteiger partial charge in [0.05, 0.1) is 22.7 Å². The number of rotatable bonds is 16. The van der Waals surface area contributed by atoms with E-state index in [4.69, 9.17) is 41.2 Å². The topological polar surface area (TPSA) is 198 Å². The molecule has 0 atom stereocenters. The monoisotopic (exact) mass is 1960 g/mol. The van der Waals surface area contributed by atoms with Crippen molar-refractivity contribution in [2.24, 2.45) is 20.0 Å². The molecular weight excluding hydrogens is 1800 g/mol. The SMILES string of the molecule is CC(/C=C(/C)[N-]c1c(C)cc(C)cc1C)=Nc1c(C)cc(C)cc1C.CC(/C=C(/C)[N-]c1c(C)cc(C)cc1C)=Nc1c(C)cc(C)cc1C.CC(/C=C(/C)[N-]c1c(C)cc(C)cc1C)=Nc1c(C)cc(C)cc1C.CC(/C=C(/C)[N-]c1c(C)cc(C)cc1C)=Nc1c(C)cc(C)cc1C.[Ni+2].[Ni+2].[Ni+2].[Ni+2].[O-]C1CCCCC1.[O-]C1CCCCC1.[O-]C1CCCCC1.[O-]C1CCCCC1. The molecule has 728 valence electrons. The minimum Gasteiger partial charge on any atom is -0.852 e. The predicted octanol–water partition coefficient (Wildman–Crippen LogP) is 31.7. The molecule has 0 bridgehead atoms. The van der Waals surface area contributed by atoms with Gasteiger partial charge in [-0.1, -0.05) is 366 Å². The predicted molar refractivity (Wildman–Crippen MR) is 551 cm³/mol. The zero-order valence-corrected chi connectivity index (χ0v) is 90.4. The van der Waals surface area contributed by atoms with Crippen LogP contribution in [0.1, 0.15) is 317 Å². The van der Waals surface area contributed by atoms with Crippen LogP contribution >= 0.6 is 0 Å². The number of hydrogen-bond donors (Lipinski definition) is 0. The molecule has 4 fully saturated rings. The standard InChI is InChI=1S/4C23H29N2.4C6H11O.4Ni/c4*1-14-9-16(3)22(17(4)10-14)24-20(7)13-21(8)25-23-18(5)11-15(2)12-19(23)6;4*7-6-4-2-1-3-5-6;;;;/h4*9-13H,1-8H3;4*6H,1-5H2;;;;/q8*-1;4*+2/b4*20-13-,25-21?;;;;;;;;. The van der Waals surface area contributed by atoms with Crippen molar-refractivity contribution in [1.29, 1.82) is 0 Å². The van der Waals surface area contributed by atoms with Gasteiger partial charge in [0.2, 0.25) is 0 Å². The molecule has 0 saturated heterocycles. The molecule has 4 aliphatic carbocycles. The minimum atomic E-state index is -0.214. The van der Waals surface area contributed by atoms with Crippen molar-refractivity contribution >= 4 is 68.3 Å². The summed E-state index contributed by atoms with van der Waals surface area (Å²) in [5.74, 6) is 0. The maximum atomic E-state index is 10.5. The van der Waals surface area contributed by atoms with Gasteiger partial charge in [0.25, 0.3) is 0 Å². The van der Waals surface area contributed by atoms with Crippen molar-refractivity contribution in [2.45, 2.75) is 374 Å². The molecule has 132 heavy (non-hydrogen) atoms. The molecule has 0 N–H and O–H groups in total. The van der Waals surface area contributed by atoms with E-state index in [2.05, 4.69) is 288 Å². The summed E-state index contributed by atoms with van der Waals surface area (Å²) in [6.45, 7) is 67.1. The fourth-order valence-corrected chi connectivity index (χ4v) is 17.9. The van der Waals surface area contributed by atoms with Crippen molar-refractivity contribution in [1.82, 2.24) is 0 Å². The van der Waals surface area contributed by atoms with E-state index in [1.807, 2.05) is 55.4 Å². The van der Waals surface area contributed by atoms with Crippen LogP contribution < -0.4 is 20.4 Å². The van der Waals surface area contributed by atoms with E-state index in [1.54, 1.807) is 0 Å². The molecule has 0 spiro atoms. The van der Waals surface area contributed by atoms with Crippen LogP contribution in [0.15, 0.2) is 164 Å². The Bertz CT molecular complexity index is 4400.